The van der Waals surface area contributed by atoms with E-state index < -0.39 is 0 Å². The van der Waals surface area contributed by atoms with Crippen molar-refractivity contribution in [3.63, 3.8) is 0 Å². The largest absolute Gasteiger partial charge is 0.497 e. The predicted molar refractivity (Wildman–Crippen MR) is 101 cm³/mol. The van der Waals surface area contributed by atoms with E-state index in [9.17, 15) is 9.59 Å². The zero-order chi connectivity index (χ0) is 18.5. The van der Waals surface area contributed by atoms with E-state index >= 15 is 0 Å². The Morgan fingerprint density at radius 2 is 1.85 bits per heavy atom. The van der Waals surface area contributed by atoms with Crippen LogP contribution in [0.2, 0.25) is 5.02 Å². The normalized spacial score (nSPS) is 14.8. The van der Waals surface area contributed by atoms with Crippen molar-refractivity contribution in [1.82, 2.24) is 10.2 Å². The van der Waals surface area contributed by atoms with Crippen LogP contribution in [0.3, 0.4) is 0 Å². The number of hydrogen-bond acceptors (Lipinski definition) is 3. The van der Waals surface area contributed by atoms with Crippen LogP contribution in [0.15, 0.2) is 48.5 Å². The van der Waals surface area contributed by atoms with E-state index in [-0.39, 0.29) is 17.9 Å². The number of ether oxygens (including phenoxy) is 1. The van der Waals surface area contributed by atoms with Gasteiger partial charge in [-0.2, -0.15) is 0 Å². The number of nitrogens with one attached hydrogen (secondary N) is 1. The molecule has 5 nitrogen and oxygen atoms in total. The van der Waals surface area contributed by atoms with Gasteiger partial charge in [0.05, 0.1) is 17.7 Å². The van der Waals surface area contributed by atoms with E-state index in [1.54, 1.807) is 60.5 Å². The van der Waals surface area contributed by atoms with Crippen molar-refractivity contribution in [1.29, 1.82) is 0 Å². The maximum absolute atomic E-state index is 12.6. The molecule has 0 aliphatic carbocycles. The summed E-state index contributed by atoms with van der Waals surface area (Å²) in [6.07, 6.45) is 1.43. The molecule has 1 N–H and O–H groups in total. The molecule has 0 atom stereocenters. The van der Waals surface area contributed by atoms with E-state index in [0.29, 0.717) is 47.8 Å². The third-order valence-electron chi connectivity index (χ3n) is 4.55. The Balaban J connectivity index is 1.56. The molecule has 136 valence electrons. The maximum atomic E-state index is 12.6. The van der Waals surface area contributed by atoms with Gasteiger partial charge >= 0.3 is 0 Å². The first kappa shape index (κ1) is 18.3. The van der Waals surface area contributed by atoms with Crippen LogP contribution in [0.1, 0.15) is 33.6 Å². The SMILES string of the molecule is COc1cccc(C(=O)NC2CCN(C(=O)c3ccccc3Cl)CC2)c1. The lowest BCUT2D eigenvalue weighted by Crippen LogP contribution is -2.46. The fourth-order valence-corrected chi connectivity index (χ4v) is 3.28. The third kappa shape index (κ3) is 4.17. The number of carbonyl (C=O) groups is 2. The van der Waals surface area contributed by atoms with Crippen molar-refractivity contribution in [2.75, 3.05) is 20.2 Å². The molecule has 1 saturated heterocycles. The van der Waals surface area contributed by atoms with Crippen molar-refractivity contribution in [2.45, 2.75) is 18.9 Å². The minimum atomic E-state index is -0.125. The second-order valence-electron chi connectivity index (χ2n) is 6.25. The number of benzene rings is 2. The highest BCUT2D eigenvalue weighted by atomic mass is 35.5. The highest BCUT2D eigenvalue weighted by molar-refractivity contribution is 6.33. The number of nitrogens with zero attached hydrogens (tertiary/aromatic N) is 1. The number of carbonyl (C=O) groups excluding carboxylic acids is 2. The monoisotopic (exact) mass is 372 g/mol. The van der Waals surface area contributed by atoms with Gasteiger partial charge in [-0.25, -0.2) is 0 Å². The lowest BCUT2D eigenvalue weighted by molar-refractivity contribution is 0.0698. The van der Waals surface area contributed by atoms with Gasteiger partial charge < -0.3 is 15.0 Å². The number of hydrogen-bond donors (Lipinski definition) is 1. The molecule has 2 aromatic rings. The quantitative estimate of drug-likeness (QED) is 0.895. The zero-order valence-corrected chi connectivity index (χ0v) is 15.3. The van der Waals surface area contributed by atoms with E-state index in [2.05, 4.69) is 5.32 Å². The molecule has 0 unspecified atom stereocenters. The smallest absolute Gasteiger partial charge is 0.255 e. The van der Waals surface area contributed by atoms with Crippen molar-refractivity contribution >= 4 is 23.4 Å². The first-order valence-electron chi connectivity index (χ1n) is 8.57. The van der Waals surface area contributed by atoms with Crippen LogP contribution in [0.4, 0.5) is 0 Å². The maximum Gasteiger partial charge on any atom is 0.255 e. The molecule has 0 saturated carbocycles. The minimum Gasteiger partial charge on any atom is -0.497 e. The van der Waals surface area contributed by atoms with E-state index in [4.69, 9.17) is 16.3 Å². The first-order valence-corrected chi connectivity index (χ1v) is 8.95. The number of likely N-dealkylation sites (tertiary alicyclic amines) is 1. The van der Waals surface area contributed by atoms with Crippen molar-refractivity contribution in [3.8, 4) is 5.75 Å². The number of rotatable bonds is 4. The van der Waals surface area contributed by atoms with Gasteiger partial charge in [-0.05, 0) is 43.2 Å². The average molecular weight is 373 g/mol. The molecule has 1 heterocycles. The minimum absolute atomic E-state index is 0.0454. The van der Waals surface area contributed by atoms with E-state index in [1.165, 1.54) is 0 Å². The molecule has 2 amide bonds. The molecular formula is C20H21ClN2O3. The number of methoxy groups -OCH3 is 1. The molecule has 2 aromatic carbocycles. The Hall–Kier alpha value is -2.53. The Morgan fingerprint density at radius 3 is 2.54 bits per heavy atom. The molecular weight excluding hydrogens is 352 g/mol. The summed E-state index contributed by atoms with van der Waals surface area (Å²) in [7, 11) is 1.57. The molecule has 0 bridgehead atoms. The Morgan fingerprint density at radius 1 is 1.12 bits per heavy atom. The van der Waals surface area contributed by atoms with Gasteiger partial charge in [0, 0.05) is 24.7 Å². The average Bonchev–Trinajstić information content (AvgIpc) is 2.68. The van der Waals surface area contributed by atoms with Crippen molar-refractivity contribution in [3.05, 3.63) is 64.7 Å². The summed E-state index contributed by atoms with van der Waals surface area (Å²) in [6, 6.07) is 14.2. The highest BCUT2D eigenvalue weighted by Gasteiger charge is 2.25. The van der Waals surface area contributed by atoms with Crippen LogP contribution in [-0.4, -0.2) is 43.0 Å². The van der Waals surface area contributed by atoms with Crippen molar-refractivity contribution in [2.24, 2.45) is 0 Å². The van der Waals surface area contributed by atoms with Crippen molar-refractivity contribution < 1.29 is 14.3 Å². The van der Waals surface area contributed by atoms with Crippen LogP contribution >= 0.6 is 11.6 Å². The van der Waals surface area contributed by atoms with Crippen LogP contribution in [-0.2, 0) is 0 Å². The Labute approximate surface area is 157 Å². The van der Waals surface area contributed by atoms with Crippen LogP contribution in [0.5, 0.6) is 5.75 Å². The number of halogens is 1. The molecule has 0 spiro atoms. The third-order valence-corrected chi connectivity index (χ3v) is 4.88. The van der Waals surface area contributed by atoms with Gasteiger partial charge in [0.25, 0.3) is 11.8 Å². The standard InChI is InChI=1S/C20H21ClN2O3/c1-26-16-6-4-5-14(13-16)19(24)22-15-9-11-23(12-10-15)20(25)17-7-2-3-8-18(17)21/h2-8,13,15H,9-12H2,1H3,(H,22,24). The number of piperidine rings is 1. The molecule has 26 heavy (non-hydrogen) atoms. The summed E-state index contributed by atoms with van der Waals surface area (Å²) in [5.41, 5.74) is 1.09. The number of amides is 2. The molecule has 1 aliphatic rings. The summed E-state index contributed by atoms with van der Waals surface area (Å²) in [6.45, 7) is 1.18. The molecule has 1 aliphatic heterocycles. The van der Waals surface area contributed by atoms with Crippen LogP contribution in [0, 0.1) is 0 Å². The lowest BCUT2D eigenvalue weighted by Gasteiger charge is -2.32. The fraction of sp³-hybridized carbons (Fsp3) is 0.300. The van der Waals surface area contributed by atoms with Gasteiger partial charge in [0.2, 0.25) is 0 Å². The van der Waals surface area contributed by atoms with E-state index in [0.717, 1.165) is 0 Å². The summed E-state index contributed by atoms with van der Waals surface area (Å²) in [4.78, 5) is 26.8. The molecule has 6 heteroatoms. The van der Waals surface area contributed by atoms with Gasteiger partial charge in [-0.1, -0.05) is 29.8 Å². The second-order valence-corrected chi connectivity index (χ2v) is 6.66. The second kappa shape index (κ2) is 8.23. The first-order chi connectivity index (χ1) is 12.6. The Kier molecular flexibility index (Phi) is 5.78. The van der Waals surface area contributed by atoms with E-state index in [1.807, 2.05) is 0 Å². The molecule has 0 radical (unpaired) electrons. The predicted octanol–water partition coefficient (Wildman–Crippen LogP) is 3.38. The van der Waals surface area contributed by atoms with Crippen LogP contribution in [0.25, 0.3) is 0 Å². The van der Waals surface area contributed by atoms with Gasteiger partial charge in [0.15, 0.2) is 0 Å². The van der Waals surface area contributed by atoms with Crippen LogP contribution < -0.4 is 10.1 Å². The van der Waals surface area contributed by atoms with Gasteiger partial charge in [-0.3, -0.25) is 9.59 Å². The fourth-order valence-electron chi connectivity index (χ4n) is 3.06. The van der Waals surface area contributed by atoms with Gasteiger partial charge in [0.1, 0.15) is 5.75 Å². The summed E-state index contributed by atoms with van der Waals surface area (Å²) in [5, 5.41) is 3.50. The van der Waals surface area contributed by atoms with Gasteiger partial charge in [-0.15, -0.1) is 0 Å². The summed E-state index contributed by atoms with van der Waals surface area (Å²) >= 11 is 6.11. The molecule has 1 fully saturated rings. The molecule has 0 aromatic heterocycles. The highest BCUT2D eigenvalue weighted by Crippen LogP contribution is 2.20. The summed E-state index contributed by atoms with van der Waals surface area (Å²) < 4.78 is 5.15. The topological polar surface area (TPSA) is 58.6 Å². The lowest BCUT2D eigenvalue weighted by atomic mass is 10.0. The molecule has 3 rings (SSSR count). The Bertz CT molecular complexity index is 801. The summed E-state index contributed by atoms with van der Waals surface area (Å²) in [5.74, 6) is 0.464. The zero-order valence-electron chi connectivity index (χ0n) is 14.6.